The van der Waals surface area contributed by atoms with Crippen LogP contribution in [0, 0.1) is 11.6 Å². The van der Waals surface area contributed by atoms with Crippen LogP contribution in [0.4, 0.5) is 8.78 Å². The molecule has 0 aromatic heterocycles. The molecule has 2 aromatic carbocycles. The zero-order valence-corrected chi connectivity index (χ0v) is 16.4. The molecule has 29 heavy (non-hydrogen) atoms. The number of carbonyl (C=O) groups excluding carboxylic acids is 2. The van der Waals surface area contributed by atoms with Gasteiger partial charge in [-0.05, 0) is 31.2 Å². The van der Waals surface area contributed by atoms with Crippen LogP contribution in [0.5, 0.6) is 11.5 Å². The van der Waals surface area contributed by atoms with E-state index in [-0.39, 0.29) is 36.8 Å². The fraction of sp³-hybridized carbons (Fsp3) is 0.333. The number of piperazine rings is 1. The summed E-state index contributed by atoms with van der Waals surface area (Å²) in [6.45, 7) is 2.42. The predicted octanol–water partition coefficient (Wildman–Crippen LogP) is 2.97. The molecular formula is C21H22F2N2O4. The van der Waals surface area contributed by atoms with E-state index in [1.54, 1.807) is 6.92 Å². The normalized spacial score (nSPS) is 16.5. The molecule has 1 aliphatic rings. The Kier molecular flexibility index (Phi) is 6.00. The van der Waals surface area contributed by atoms with Gasteiger partial charge in [0.1, 0.15) is 23.1 Å². The quantitative estimate of drug-likeness (QED) is 0.786. The smallest absolute Gasteiger partial charge is 0.257 e. The third-order valence-electron chi connectivity index (χ3n) is 4.99. The Hall–Kier alpha value is -3.16. The van der Waals surface area contributed by atoms with Crippen molar-refractivity contribution in [2.75, 3.05) is 33.9 Å². The summed E-state index contributed by atoms with van der Waals surface area (Å²) in [5.74, 6) is -1.60. The van der Waals surface area contributed by atoms with Crippen molar-refractivity contribution >= 4 is 11.8 Å². The molecule has 0 N–H and O–H groups in total. The maximum atomic E-state index is 14.3. The van der Waals surface area contributed by atoms with Crippen LogP contribution < -0.4 is 9.47 Å². The van der Waals surface area contributed by atoms with E-state index >= 15 is 0 Å². The third kappa shape index (κ3) is 4.16. The number of benzene rings is 2. The van der Waals surface area contributed by atoms with Crippen molar-refractivity contribution < 1.29 is 27.8 Å². The van der Waals surface area contributed by atoms with E-state index in [9.17, 15) is 18.4 Å². The zero-order valence-electron chi connectivity index (χ0n) is 16.4. The van der Waals surface area contributed by atoms with Crippen LogP contribution in [0.3, 0.4) is 0 Å². The number of halogens is 2. The zero-order chi connectivity index (χ0) is 21.1. The molecule has 0 bridgehead atoms. The molecule has 8 heteroatoms. The molecule has 1 saturated heterocycles. The largest absolute Gasteiger partial charge is 0.497 e. The summed E-state index contributed by atoms with van der Waals surface area (Å²) >= 11 is 0. The highest BCUT2D eigenvalue weighted by molar-refractivity contribution is 5.96. The SMILES string of the molecule is COc1ccc(C(=O)N2CCN(C(=O)c3ccc(OC)cc3F)C(C)C2)c(F)c1. The van der Waals surface area contributed by atoms with Crippen molar-refractivity contribution in [2.45, 2.75) is 13.0 Å². The Morgan fingerprint density at radius 2 is 1.41 bits per heavy atom. The van der Waals surface area contributed by atoms with Crippen LogP contribution in [0.15, 0.2) is 36.4 Å². The summed E-state index contributed by atoms with van der Waals surface area (Å²) in [7, 11) is 2.83. The number of nitrogens with zero attached hydrogens (tertiary/aromatic N) is 2. The van der Waals surface area contributed by atoms with E-state index < -0.39 is 23.4 Å². The minimum atomic E-state index is -0.666. The molecule has 1 atom stereocenters. The van der Waals surface area contributed by atoms with E-state index in [0.29, 0.717) is 11.5 Å². The maximum Gasteiger partial charge on any atom is 0.257 e. The van der Waals surface area contributed by atoms with Gasteiger partial charge < -0.3 is 19.3 Å². The van der Waals surface area contributed by atoms with Crippen molar-refractivity contribution in [3.8, 4) is 11.5 Å². The highest BCUT2D eigenvalue weighted by Gasteiger charge is 2.32. The Balaban J connectivity index is 1.72. The average molecular weight is 404 g/mol. The molecule has 3 rings (SSSR count). The topological polar surface area (TPSA) is 59.1 Å². The van der Waals surface area contributed by atoms with Gasteiger partial charge in [-0.25, -0.2) is 8.78 Å². The highest BCUT2D eigenvalue weighted by atomic mass is 19.1. The van der Waals surface area contributed by atoms with Gasteiger partial charge in [0.25, 0.3) is 11.8 Å². The van der Waals surface area contributed by atoms with Gasteiger partial charge in [0.15, 0.2) is 0 Å². The second-order valence-corrected chi connectivity index (χ2v) is 6.79. The van der Waals surface area contributed by atoms with Crippen molar-refractivity contribution in [3.63, 3.8) is 0 Å². The average Bonchev–Trinajstić information content (AvgIpc) is 2.72. The molecular weight excluding hydrogens is 382 g/mol. The first kappa shape index (κ1) is 20.6. The van der Waals surface area contributed by atoms with Crippen LogP contribution in [0.2, 0.25) is 0 Å². The van der Waals surface area contributed by atoms with E-state index in [4.69, 9.17) is 9.47 Å². The van der Waals surface area contributed by atoms with Crippen molar-refractivity contribution in [1.29, 1.82) is 0 Å². The molecule has 0 saturated carbocycles. The second kappa shape index (κ2) is 8.46. The summed E-state index contributed by atoms with van der Waals surface area (Å²) in [5.41, 5.74) is -0.113. The molecule has 0 aliphatic carbocycles. The van der Waals surface area contributed by atoms with Gasteiger partial charge in [-0.3, -0.25) is 9.59 Å². The van der Waals surface area contributed by atoms with E-state index in [1.165, 1.54) is 48.3 Å². The van der Waals surface area contributed by atoms with Crippen LogP contribution in [-0.2, 0) is 0 Å². The number of hydrogen-bond donors (Lipinski definition) is 0. The number of carbonyl (C=O) groups is 2. The Morgan fingerprint density at radius 1 is 0.897 bits per heavy atom. The number of hydrogen-bond acceptors (Lipinski definition) is 4. The molecule has 2 aromatic rings. The van der Waals surface area contributed by atoms with Gasteiger partial charge in [-0.15, -0.1) is 0 Å². The standard InChI is InChI=1S/C21H22F2N2O4/c1-13-12-24(20(26)16-6-4-14(28-2)10-18(16)22)8-9-25(13)21(27)17-7-5-15(29-3)11-19(17)23/h4-7,10-11,13H,8-9,12H2,1-3H3. The first-order chi connectivity index (χ1) is 13.8. The number of ether oxygens (including phenoxy) is 2. The molecule has 6 nitrogen and oxygen atoms in total. The van der Waals surface area contributed by atoms with Gasteiger partial charge in [0.2, 0.25) is 0 Å². The lowest BCUT2D eigenvalue weighted by Gasteiger charge is -2.40. The van der Waals surface area contributed by atoms with E-state index in [2.05, 4.69) is 0 Å². The monoisotopic (exact) mass is 404 g/mol. The number of rotatable bonds is 4. The Bertz CT molecular complexity index is 935. The lowest BCUT2D eigenvalue weighted by Crippen LogP contribution is -2.55. The molecule has 1 heterocycles. The van der Waals surface area contributed by atoms with Crippen LogP contribution in [0.25, 0.3) is 0 Å². The molecule has 1 aliphatic heterocycles. The molecule has 1 unspecified atom stereocenters. The van der Waals surface area contributed by atoms with Gasteiger partial charge in [-0.2, -0.15) is 0 Å². The van der Waals surface area contributed by atoms with Gasteiger partial charge in [0, 0.05) is 37.8 Å². The van der Waals surface area contributed by atoms with Crippen molar-refractivity contribution in [1.82, 2.24) is 9.80 Å². The maximum absolute atomic E-state index is 14.3. The summed E-state index contributed by atoms with van der Waals surface area (Å²) < 4.78 is 38.4. The molecule has 154 valence electrons. The van der Waals surface area contributed by atoms with E-state index in [0.717, 1.165) is 12.1 Å². The van der Waals surface area contributed by atoms with E-state index in [1.807, 2.05) is 0 Å². The summed E-state index contributed by atoms with van der Waals surface area (Å²) in [6.07, 6.45) is 0. The van der Waals surface area contributed by atoms with Gasteiger partial charge in [0.05, 0.1) is 25.3 Å². The first-order valence-corrected chi connectivity index (χ1v) is 9.13. The highest BCUT2D eigenvalue weighted by Crippen LogP contribution is 2.22. The van der Waals surface area contributed by atoms with Crippen molar-refractivity contribution in [2.24, 2.45) is 0 Å². The van der Waals surface area contributed by atoms with Gasteiger partial charge >= 0.3 is 0 Å². The molecule has 0 radical (unpaired) electrons. The van der Waals surface area contributed by atoms with Crippen LogP contribution in [0.1, 0.15) is 27.6 Å². The fourth-order valence-electron chi connectivity index (χ4n) is 3.36. The van der Waals surface area contributed by atoms with Gasteiger partial charge in [-0.1, -0.05) is 0 Å². The van der Waals surface area contributed by atoms with Crippen LogP contribution >= 0.6 is 0 Å². The second-order valence-electron chi connectivity index (χ2n) is 6.79. The molecule has 2 amide bonds. The summed E-state index contributed by atoms with van der Waals surface area (Å²) in [6, 6.07) is 7.76. The Labute approximate surface area is 167 Å². The number of methoxy groups -OCH3 is 2. The summed E-state index contributed by atoms with van der Waals surface area (Å²) in [5, 5.41) is 0. The molecule has 1 fully saturated rings. The predicted molar refractivity (Wildman–Crippen MR) is 102 cm³/mol. The third-order valence-corrected chi connectivity index (χ3v) is 4.99. The summed E-state index contributed by atoms with van der Waals surface area (Å²) in [4.78, 5) is 28.5. The number of amides is 2. The minimum Gasteiger partial charge on any atom is -0.497 e. The van der Waals surface area contributed by atoms with Crippen LogP contribution in [-0.4, -0.2) is 61.5 Å². The molecule has 0 spiro atoms. The lowest BCUT2D eigenvalue weighted by atomic mass is 10.1. The fourth-order valence-corrected chi connectivity index (χ4v) is 3.36. The van der Waals surface area contributed by atoms with Crippen molar-refractivity contribution in [3.05, 3.63) is 59.2 Å². The lowest BCUT2D eigenvalue weighted by molar-refractivity contribution is 0.0409. The first-order valence-electron chi connectivity index (χ1n) is 9.13. The minimum absolute atomic E-state index is 0.0565. The Morgan fingerprint density at radius 3 is 1.86 bits per heavy atom.